The molecule has 160 valence electrons. The summed E-state index contributed by atoms with van der Waals surface area (Å²) < 4.78 is 11.3. The molecular weight excluding hydrogens is 356 g/mol. The molecule has 0 aromatic heterocycles. The summed E-state index contributed by atoms with van der Waals surface area (Å²) in [7, 11) is 0. The zero-order valence-corrected chi connectivity index (χ0v) is 15.6. The smallest absolute Gasteiger partial charge is 0.109 e. The monoisotopic (exact) mass is 392 g/mol. The molecule has 0 amide bonds. The standard InChI is InChI=1S/C17H36N4O6/c18-8-6-10(20)16(14(24)12(8)22)26-4-2-1-3-5-27-17-11(21)7-9(19)13(23)15(17)25/h8-17,22-25H,1-7,18-21H2/t8-,9-,10+,11+,12+,13+,14-,15-,16-,17-/m1/s1. The lowest BCUT2D eigenvalue weighted by molar-refractivity contribution is -0.130. The molecule has 0 aromatic rings. The fraction of sp³-hybridized carbons (Fsp3) is 1.00. The van der Waals surface area contributed by atoms with Gasteiger partial charge >= 0.3 is 0 Å². The molecule has 0 spiro atoms. The highest BCUT2D eigenvalue weighted by atomic mass is 16.5. The summed E-state index contributed by atoms with van der Waals surface area (Å²) in [6.45, 7) is 0.799. The molecule has 0 aromatic carbocycles. The van der Waals surface area contributed by atoms with Gasteiger partial charge in [0, 0.05) is 37.4 Å². The third-order valence-electron chi connectivity index (χ3n) is 5.59. The Kier molecular flexibility index (Phi) is 8.81. The lowest BCUT2D eigenvalue weighted by atomic mass is 9.85. The maximum absolute atomic E-state index is 10.0. The Labute approximate surface area is 159 Å². The first-order valence-electron chi connectivity index (χ1n) is 9.71. The first kappa shape index (κ1) is 22.9. The van der Waals surface area contributed by atoms with E-state index in [2.05, 4.69) is 0 Å². The van der Waals surface area contributed by atoms with E-state index in [1.807, 2.05) is 0 Å². The molecule has 10 heteroatoms. The lowest BCUT2D eigenvalue weighted by Crippen LogP contribution is -2.62. The normalized spacial score (nSPS) is 45.8. The number of hydrogen-bond donors (Lipinski definition) is 8. The van der Waals surface area contributed by atoms with Crippen LogP contribution >= 0.6 is 0 Å². The van der Waals surface area contributed by atoms with Crippen LogP contribution in [0.5, 0.6) is 0 Å². The van der Waals surface area contributed by atoms with Gasteiger partial charge in [0.05, 0.1) is 12.2 Å². The Hall–Kier alpha value is -0.400. The van der Waals surface area contributed by atoms with Crippen LogP contribution < -0.4 is 22.9 Å². The number of rotatable bonds is 8. The minimum Gasteiger partial charge on any atom is -0.389 e. The van der Waals surface area contributed by atoms with Crippen LogP contribution in [0.25, 0.3) is 0 Å². The van der Waals surface area contributed by atoms with Crippen LogP contribution in [0.1, 0.15) is 32.1 Å². The number of aliphatic hydroxyl groups is 4. The second kappa shape index (κ2) is 10.4. The van der Waals surface area contributed by atoms with Crippen molar-refractivity contribution in [2.75, 3.05) is 13.2 Å². The number of ether oxygens (including phenoxy) is 2. The molecule has 0 bridgehead atoms. The fourth-order valence-corrected chi connectivity index (χ4v) is 3.84. The molecule has 2 aliphatic rings. The van der Waals surface area contributed by atoms with Crippen LogP contribution in [0.2, 0.25) is 0 Å². The Morgan fingerprint density at radius 2 is 0.926 bits per heavy atom. The highest BCUT2D eigenvalue weighted by Crippen LogP contribution is 2.22. The van der Waals surface area contributed by atoms with Gasteiger partial charge in [0.15, 0.2) is 0 Å². The van der Waals surface area contributed by atoms with Gasteiger partial charge in [-0.2, -0.15) is 0 Å². The molecule has 2 rings (SSSR count). The van der Waals surface area contributed by atoms with Gasteiger partial charge in [-0.25, -0.2) is 0 Å². The van der Waals surface area contributed by atoms with Crippen molar-refractivity contribution in [1.29, 1.82) is 0 Å². The molecule has 0 heterocycles. The highest BCUT2D eigenvalue weighted by Gasteiger charge is 2.42. The Morgan fingerprint density at radius 3 is 1.30 bits per heavy atom. The Bertz CT molecular complexity index is 410. The molecule has 0 radical (unpaired) electrons. The van der Waals surface area contributed by atoms with E-state index in [4.69, 9.17) is 32.4 Å². The Balaban J connectivity index is 1.60. The van der Waals surface area contributed by atoms with Crippen LogP contribution in [-0.4, -0.2) is 94.4 Å². The number of hydrogen-bond acceptors (Lipinski definition) is 10. The van der Waals surface area contributed by atoms with Gasteiger partial charge in [-0.1, -0.05) is 0 Å². The maximum Gasteiger partial charge on any atom is 0.109 e. The number of unbranched alkanes of at least 4 members (excludes halogenated alkanes) is 2. The van der Waals surface area contributed by atoms with Crippen LogP contribution in [0.4, 0.5) is 0 Å². The van der Waals surface area contributed by atoms with Crippen molar-refractivity contribution >= 4 is 0 Å². The van der Waals surface area contributed by atoms with Crippen molar-refractivity contribution in [3.05, 3.63) is 0 Å². The van der Waals surface area contributed by atoms with E-state index >= 15 is 0 Å². The summed E-state index contributed by atoms with van der Waals surface area (Å²) in [5.74, 6) is 0. The SMILES string of the molecule is N[C@@H]1C[C@H](N)[C@@H](OCCCCCO[C@H]2[C@H](O)[C@@H](O)[C@H](N)C[C@@H]2N)[C@H](O)[C@H]1O. The lowest BCUT2D eigenvalue weighted by Gasteiger charge is -2.40. The maximum atomic E-state index is 10.0. The van der Waals surface area contributed by atoms with E-state index in [9.17, 15) is 20.4 Å². The van der Waals surface area contributed by atoms with Crippen LogP contribution in [0.3, 0.4) is 0 Å². The van der Waals surface area contributed by atoms with Crippen molar-refractivity contribution < 1.29 is 29.9 Å². The molecule has 10 atom stereocenters. The topological polar surface area (TPSA) is 203 Å². The zero-order valence-electron chi connectivity index (χ0n) is 15.6. The summed E-state index contributed by atoms with van der Waals surface area (Å²) in [6.07, 6.45) is -2.42. The van der Waals surface area contributed by atoms with Gasteiger partial charge in [0.2, 0.25) is 0 Å². The molecular formula is C17H36N4O6. The Morgan fingerprint density at radius 1 is 0.556 bits per heavy atom. The molecule has 0 saturated heterocycles. The van der Waals surface area contributed by atoms with E-state index < -0.39 is 60.8 Å². The molecule has 0 unspecified atom stereocenters. The van der Waals surface area contributed by atoms with Crippen LogP contribution in [0, 0.1) is 0 Å². The molecule has 27 heavy (non-hydrogen) atoms. The highest BCUT2D eigenvalue weighted by molar-refractivity contribution is 4.98. The fourth-order valence-electron chi connectivity index (χ4n) is 3.84. The van der Waals surface area contributed by atoms with Gasteiger partial charge in [-0.3, -0.25) is 0 Å². The first-order chi connectivity index (χ1) is 12.7. The summed E-state index contributed by atoms with van der Waals surface area (Å²) in [4.78, 5) is 0. The largest absolute Gasteiger partial charge is 0.389 e. The number of aliphatic hydroxyl groups excluding tert-OH is 4. The molecule has 2 saturated carbocycles. The van der Waals surface area contributed by atoms with Crippen molar-refractivity contribution in [2.24, 2.45) is 22.9 Å². The van der Waals surface area contributed by atoms with Crippen LogP contribution in [0.15, 0.2) is 0 Å². The van der Waals surface area contributed by atoms with Gasteiger partial charge in [-0.05, 0) is 32.1 Å². The molecule has 0 aliphatic heterocycles. The van der Waals surface area contributed by atoms with E-state index in [-0.39, 0.29) is 0 Å². The van der Waals surface area contributed by atoms with Gasteiger partial charge in [0.25, 0.3) is 0 Å². The van der Waals surface area contributed by atoms with Gasteiger partial charge in [-0.15, -0.1) is 0 Å². The molecule has 12 N–H and O–H groups in total. The third kappa shape index (κ3) is 5.80. The van der Waals surface area contributed by atoms with Crippen LogP contribution in [-0.2, 0) is 9.47 Å². The first-order valence-corrected chi connectivity index (χ1v) is 9.71. The van der Waals surface area contributed by atoms with E-state index in [0.717, 1.165) is 19.3 Å². The second-order valence-electron chi connectivity index (χ2n) is 7.82. The van der Waals surface area contributed by atoms with E-state index in [1.54, 1.807) is 0 Å². The zero-order chi connectivity index (χ0) is 20.1. The van der Waals surface area contributed by atoms with Crippen molar-refractivity contribution in [3.8, 4) is 0 Å². The predicted molar refractivity (Wildman–Crippen MR) is 98.5 cm³/mol. The van der Waals surface area contributed by atoms with Crippen molar-refractivity contribution in [1.82, 2.24) is 0 Å². The third-order valence-corrected chi connectivity index (χ3v) is 5.59. The van der Waals surface area contributed by atoms with Crippen molar-refractivity contribution in [3.63, 3.8) is 0 Å². The average molecular weight is 392 g/mol. The van der Waals surface area contributed by atoms with Gasteiger partial charge < -0.3 is 52.8 Å². The minimum absolute atomic E-state index is 0.399. The van der Waals surface area contributed by atoms with E-state index in [0.29, 0.717) is 26.1 Å². The molecule has 2 fully saturated rings. The summed E-state index contributed by atoms with van der Waals surface area (Å²) >= 11 is 0. The summed E-state index contributed by atoms with van der Waals surface area (Å²) in [5.41, 5.74) is 23.3. The second-order valence-corrected chi connectivity index (χ2v) is 7.82. The molecule has 10 nitrogen and oxygen atoms in total. The van der Waals surface area contributed by atoms with E-state index in [1.165, 1.54) is 0 Å². The van der Waals surface area contributed by atoms with Gasteiger partial charge in [0.1, 0.15) is 24.4 Å². The minimum atomic E-state index is -1.08. The quantitative estimate of drug-likeness (QED) is 0.191. The summed E-state index contributed by atoms with van der Waals surface area (Å²) in [6, 6.07) is -1.90. The predicted octanol–water partition coefficient (Wildman–Crippen LogP) is -3.51. The molecule has 2 aliphatic carbocycles. The van der Waals surface area contributed by atoms with Crippen molar-refractivity contribution in [2.45, 2.75) is 92.9 Å². The number of nitrogens with two attached hydrogens (primary N) is 4. The summed E-state index contributed by atoms with van der Waals surface area (Å²) in [5, 5.41) is 39.7. The average Bonchev–Trinajstić information content (AvgIpc) is 2.62.